The highest BCUT2D eigenvalue weighted by Gasteiger charge is 2.69. The number of hydrogen-bond acceptors (Lipinski definition) is 8. The van der Waals surface area contributed by atoms with Gasteiger partial charge in [-0.2, -0.15) is 0 Å². The van der Waals surface area contributed by atoms with Crippen molar-refractivity contribution >= 4 is 29.7 Å². The first-order valence-corrected chi connectivity index (χ1v) is 16.8. The van der Waals surface area contributed by atoms with Gasteiger partial charge in [-0.25, -0.2) is 4.79 Å². The fourth-order valence-corrected chi connectivity index (χ4v) is 6.58. The summed E-state index contributed by atoms with van der Waals surface area (Å²) in [5.41, 5.74) is -0.0897. The van der Waals surface area contributed by atoms with E-state index in [1.54, 1.807) is 32.6 Å². The van der Waals surface area contributed by atoms with E-state index >= 15 is 0 Å². The Labute approximate surface area is 280 Å². The molecule has 0 radical (unpaired) electrons. The SMILES string of the molecule is CCCC/C=C/CN(C[C@H](CC(=O)OC(C)(C)C)C(=O)N1C[C@H]2[C@@H]([C@H]1C(=O)C[C@@H](C)C(=O)OC)C2(C)C)C(=O)OCc1ccccc1. The van der Waals surface area contributed by atoms with Gasteiger partial charge >= 0.3 is 18.0 Å². The van der Waals surface area contributed by atoms with Crippen LogP contribution in [0.2, 0.25) is 0 Å². The van der Waals surface area contributed by atoms with Gasteiger partial charge in [0.15, 0.2) is 5.78 Å². The van der Waals surface area contributed by atoms with Gasteiger partial charge in [-0.3, -0.25) is 19.2 Å². The van der Waals surface area contributed by atoms with Crippen LogP contribution in [0.3, 0.4) is 0 Å². The van der Waals surface area contributed by atoms with Crippen LogP contribution in [0.25, 0.3) is 0 Å². The monoisotopic (exact) mass is 654 g/mol. The molecule has 10 heteroatoms. The minimum absolute atomic E-state index is 0.0555. The second-order valence-corrected chi connectivity index (χ2v) is 14.5. The van der Waals surface area contributed by atoms with Gasteiger partial charge in [0, 0.05) is 26.1 Å². The molecule has 2 aliphatic rings. The van der Waals surface area contributed by atoms with Crippen molar-refractivity contribution in [2.45, 2.75) is 98.8 Å². The molecule has 1 aliphatic carbocycles. The van der Waals surface area contributed by atoms with Gasteiger partial charge in [-0.1, -0.05) is 83.0 Å². The minimum atomic E-state index is -0.980. The molecule has 10 nitrogen and oxygen atoms in total. The summed E-state index contributed by atoms with van der Waals surface area (Å²) in [4.78, 5) is 70.0. The van der Waals surface area contributed by atoms with Gasteiger partial charge < -0.3 is 24.0 Å². The Morgan fingerprint density at radius 3 is 2.36 bits per heavy atom. The van der Waals surface area contributed by atoms with E-state index in [4.69, 9.17) is 14.2 Å². The van der Waals surface area contributed by atoms with Crippen molar-refractivity contribution in [3.63, 3.8) is 0 Å². The van der Waals surface area contributed by atoms with Crippen molar-refractivity contribution < 1.29 is 38.2 Å². The van der Waals surface area contributed by atoms with Crippen LogP contribution < -0.4 is 0 Å². The summed E-state index contributed by atoms with van der Waals surface area (Å²) in [5, 5.41) is 0. The highest BCUT2D eigenvalue weighted by Crippen LogP contribution is 2.65. The summed E-state index contributed by atoms with van der Waals surface area (Å²) in [6.07, 6.45) is 5.83. The molecule has 0 N–H and O–H groups in total. The number of fused-ring (bicyclic) bond motifs is 1. The third-order valence-electron chi connectivity index (χ3n) is 9.24. The number of Topliss-reactive ketones (excluding diaryl/α,β-unsaturated/α-hetero) is 1. The van der Waals surface area contributed by atoms with E-state index in [9.17, 15) is 24.0 Å². The number of esters is 2. The van der Waals surface area contributed by atoms with Crippen molar-refractivity contribution in [2.24, 2.45) is 29.1 Å². The van der Waals surface area contributed by atoms with Crippen LogP contribution >= 0.6 is 0 Å². The Morgan fingerprint density at radius 2 is 1.74 bits per heavy atom. The van der Waals surface area contributed by atoms with E-state index in [-0.39, 0.29) is 55.6 Å². The van der Waals surface area contributed by atoms with Crippen LogP contribution in [0.15, 0.2) is 42.5 Å². The fourth-order valence-electron chi connectivity index (χ4n) is 6.58. The molecule has 260 valence electrons. The normalized spacial score (nSPS) is 21.0. The largest absolute Gasteiger partial charge is 0.469 e. The lowest BCUT2D eigenvalue weighted by Crippen LogP contribution is -2.51. The van der Waals surface area contributed by atoms with Gasteiger partial charge in [0.25, 0.3) is 0 Å². The number of piperidine rings is 1. The van der Waals surface area contributed by atoms with E-state index in [1.165, 1.54) is 12.0 Å². The number of ether oxygens (including phenoxy) is 3. The van der Waals surface area contributed by atoms with E-state index in [0.29, 0.717) is 6.54 Å². The maximum Gasteiger partial charge on any atom is 0.410 e. The van der Waals surface area contributed by atoms with Gasteiger partial charge in [0.05, 0.1) is 31.4 Å². The van der Waals surface area contributed by atoms with Gasteiger partial charge in [0.1, 0.15) is 12.2 Å². The van der Waals surface area contributed by atoms with Crippen LogP contribution in [0.4, 0.5) is 4.79 Å². The number of methoxy groups -OCH3 is 1. The lowest BCUT2D eigenvalue weighted by Gasteiger charge is -2.34. The van der Waals surface area contributed by atoms with Crippen LogP contribution in [0.1, 0.15) is 86.1 Å². The number of nitrogens with zero attached hydrogens (tertiary/aromatic N) is 2. The molecule has 1 aliphatic heterocycles. The Kier molecular flexibility index (Phi) is 13.2. The summed E-state index contributed by atoms with van der Waals surface area (Å²) in [7, 11) is 1.28. The number of carbonyl (C=O) groups is 5. The fraction of sp³-hybridized carbons (Fsp3) is 0.649. The van der Waals surface area contributed by atoms with E-state index in [1.807, 2.05) is 42.5 Å². The van der Waals surface area contributed by atoms with Crippen molar-refractivity contribution in [2.75, 3.05) is 26.7 Å². The smallest absolute Gasteiger partial charge is 0.410 e. The summed E-state index contributed by atoms with van der Waals surface area (Å²) in [5.74, 6) is -3.23. The predicted molar refractivity (Wildman–Crippen MR) is 178 cm³/mol. The Morgan fingerprint density at radius 1 is 1.06 bits per heavy atom. The minimum Gasteiger partial charge on any atom is -0.469 e. The average molecular weight is 655 g/mol. The Hall–Kier alpha value is -3.69. The van der Waals surface area contributed by atoms with Crippen molar-refractivity contribution in [3.8, 4) is 0 Å². The standard InChI is InChI=1S/C37H54N2O8/c1-9-10-11-12-16-19-38(35(44)46-24-26-17-14-13-15-18-26)22-27(21-30(41)47-36(3,4)5)33(42)39-23-28-31(37(28,6)7)32(39)29(40)20-25(2)34(43)45-8/h12-18,25,27-28,31-32H,9-11,19-24H2,1-8H3/b16-12+/t25-,27+,28+,31+,32-/m1/s1. The van der Waals surface area contributed by atoms with Gasteiger partial charge in [0.2, 0.25) is 5.91 Å². The Bertz CT molecular complexity index is 1280. The number of unbranched alkanes of at least 4 members (excludes halogenated alkanes) is 2. The number of likely N-dealkylation sites (tertiary alicyclic amines) is 1. The predicted octanol–water partition coefficient (Wildman–Crippen LogP) is 5.97. The molecular formula is C37H54N2O8. The summed E-state index contributed by atoms with van der Waals surface area (Å²) >= 11 is 0. The highest BCUT2D eigenvalue weighted by molar-refractivity contribution is 5.94. The zero-order valence-corrected chi connectivity index (χ0v) is 29.5. The maximum absolute atomic E-state index is 14.4. The van der Waals surface area contributed by atoms with Gasteiger partial charge in [-0.15, -0.1) is 0 Å². The third kappa shape index (κ3) is 10.4. The number of benzene rings is 1. The number of hydrogen-bond donors (Lipinski definition) is 0. The molecule has 47 heavy (non-hydrogen) atoms. The second-order valence-electron chi connectivity index (χ2n) is 14.5. The quantitative estimate of drug-likeness (QED) is 0.0926. The zero-order chi connectivity index (χ0) is 34.9. The molecule has 2 fully saturated rings. The average Bonchev–Trinajstić information content (AvgIpc) is 3.32. The second kappa shape index (κ2) is 16.4. The summed E-state index contributed by atoms with van der Waals surface area (Å²) < 4.78 is 16.1. The number of amides is 2. The van der Waals surface area contributed by atoms with Gasteiger partial charge in [-0.05, 0) is 50.0 Å². The molecule has 1 saturated heterocycles. The summed E-state index contributed by atoms with van der Waals surface area (Å²) in [6.45, 7) is 13.7. The van der Waals surface area contributed by atoms with Crippen LogP contribution in [0, 0.1) is 29.1 Å². The van der Waals surface area contributed by atoms with E-state index in [0.717, 1.165) is 24.8 Å². The Balaban J connectivity index is 1.89. The lowest BCUT2D eigenvalue weighted by atomic mass is 9.91. The molecule has 0 bridgehead atoms. The molecule has 5 atom stereocenters. The van der Waals surface area contributed by atoms with Crippen molar-refractivity contribution in [1.82, 2.24) is 9.80 Å². The molecule has 1 saturated carbocycles. The number of rotatable bonds is 16. The first-order chi connectivity index (χ1) is 22.1. The van der Waals surface area contributed by atoms with Crippen molar-refractivity contribution in [3.05, 3.63) is 48.0 Å². The molecule has 3 rings (SSSR count). The van der Waals surface area contributed by atoms with Crippen LogP contribution in [-0.2, 0) is 40.0 Å². The van der Waals surface area contributed by atoms with Crippen molar-refractivity contribution in [1.29, 1.82) is 0 Å². The zero-order valence-electron chi connectivity index (χ0n) is 29.5. The van der Waals surface area contributed by atoms with E-state index in [2.05, 4.69) is 20.8 Å². The topological polar surface area (TPSA) is 120 Å². The molecule has 0 aromatic heterocycles. The molecule has 1 aromatic rings. The summed E-state index contributed by atoms with van der Waals surface area (Å²) in [6, 6.07) is 8.58. The van der Waals surface area contributed by atoms with Crippen LogP contribution in [0.5, 0.6) is 0 Å². The third-order valence-corrected chi connectivity index (χ3v) is 9.24. The molecule has 1 aromatic carbocycles. The molecule has 0 spiro atoms. The highest BCUT2D eigenvalue weighted by atomic mass is 16.6. The first-order valence-electron chi connectivity index (χ1n) is 16.8. The maximum atomic E-state index is 14.4. The molecule has 1 heterocycles. The molecule has 2 amide bonds. The van der Waals surface area contributed by atoms with E-state index < -0.39 is 47.4 Å². The lowest BCUT2D eigenvalue weighted by molar-refractivity contribution is -0.159. The number of ketones is 1. The first kappa shape index (κ1) is 37.8. The van der Waals surface area contributed by atoms with Crippen LogP contribution in [-0.4, -0.2) is 77.9 Å². The number of allylic oxidation sites excluding steroid dienone is 1. The molecular weight excluding hydrogens is 600 g/mol. The molecule has 0 unspecified atom stereocenters. The number of carbonyl (C=O) groups excluding carboxylic acids is 5.